The summed E-state index contributed by atoms with van der Waals surface area (Å²) in [6, 6.07) is 3.01. The molecule has 6 heteroatoms. The number of hydrogen-bond acceptors (Lipinski definition) is 3. The molecule has 0 amide bonds. The van der Waals surface area contributed by atoms with E-state index in [0.29, 0.717) is 0 Å². The fourth-order valence-electron chi connectivity index (χ4n) is 1.28. The number of halogens is 3. The largest absolute Gasteiger partial charge is 0.382 e. The first-order valence-electron chi connectivity index (χ1n) is 4.30. The van der Waals surface area contributed by atoms with Crippen LogP contribution in [0.5, 0.6) is 0 Å². The van der Waals surface area contributed by atoms with E-state index in [1.807, 2.05) is 0 Å². The van der Waals surface area contributed by atoms with E-state index in [9.17, 15) is 8.78 Å². The fourth-order valence-corrected chi connectivity index (χ4v) is 1.48. The number of anilines is 1. The normalized spacial score (nSPS) is 10.4. The minimum absolute atomic E-state index is 0.0661. The molecule has 0 aliphatic rings. The highest BCUT2D eigenvalue weighted by molar-refractivity contribution is 6.35. The summed E-state index contributed by atoms with van der Waals surface area (Å²) in [5.41, 5.74) is 5.88. The van der Waals surface area contributed by atoms with E-state index in [4.69, 9.17) is 17.3 Å². The Hall–Kier alpha value is -1.75. The van der Waals surface area contributed by atoms with Gasteiger partial charge in [0, 0.05) is 11.6 Å². The Morgan fingerprint density at radius 1 is 1.06 bits per heavy atom. The van der Waals surface area contributed by atoms with Gasteiger partial charge in [0.05, 0.1) is 5.69 Å². The summed E-state index contributed by atoms with van der Waals surface area (Å²) in [4.78, 5) is 7.49. The van der Waals surface area contributed by atoms with Gasteiger partial charge in [-0.25, -0.2) is 18.7 Å². The maximum Gasteiger partial charge on any atom is 0.146 e. The Labute approximate surface area is 94.9 Å². The van der Waals surface area contributed by atoms with Crippen molar-refractivity contribution in [2.45, 2.75) is 0 Å². The van der Waals surface area contributed by atoms with E-state index in [-0.39, 0.29) is 22.1 Å². The third-order valence-electron chi connectivity index (χ3n) is 1.95. The van der Waals surface area contributed by atoms with Crippen LogP contribution in [-0.2, 0) is 0 Å². The van der Waals surface area contributed by atoms with Crippen LogP contribution in [0.4, 0.5) is 14.6 Å². The number of rotatable bonds is 1. The number of nitrogen functional groups attached to an aromatic ring is 1. The first-order valence-corrected chi connectivity index (χ1v) is 4.68. The van der Waals surface area contributed by atoms with E-state index in [0.717, 1.165) is 18.2 Å². The van der Waals surface area contributed by atoms with Crippen LogP contribution < -0.4 is 5.73 Å². The molecule has 1 heterocycles. The van der Waals surface area contributed by atoms with Gasteiger partial charge in [-0.1, -0.05) is 11.6 Å². The molecule has 2 aromatic rings. The van der Waals surface area contributed by atoms with Gasteiger partial charge in [0.15, 0.2) is 0 Å². The lowest BCUT2D eigenvalue weighted by Crippen LogP contribution is -1.96. The number of aromatic nitrogens is 2. The third kappa shape index (κ3) is 1.94. The maximum absolute atomic E-state index is 13.0. The molecule has 0 bridgehead atoms. The van der Waals surface area contributed by atoms with Crippen molar-refractivity contribution < 1.29 is 8.78 Å². The standard InChI is InChI=1S/C10H6ClF2N3/c11-8-9(15-4-16-10(8)14)5-1-6(12)3-7(13)2-5/h1-4H,(H2,14,15,16). The molecular weight excluding hydrogens is 236 g/mol. The molecule has 0 unspecified atom stereocenters. The monoisotopic (exact) mass is 241 g/mol. The van der Waals surface area contributed by atoms with Crippen molar-refractivity contribution in [3.8, 4) is 11.3 Å². The van der Waals surface area contributed by atoms with Crippen molar-refractivity contribution in [1.82, 2.24) is 9.97 Å². The second kappa shape index (κ2) is 4.02. The quantitative estimate of drug-likeness (QED) is 0.835. The minimum Gasteiger partial charge on any atom is -0.382 e. The van der Waals surface area contributed by atoms with Gasteiger partial charge in [-0.05, 0) is 12.1 Å². The molecule has 16 heavy (non-hydrogen) atoms. The molecular formula is C10H6ClF2N3. The van der Waals surface area contributed by atoms with E-state index in [2.05, 4.69) is 9.97 Å². The van der Waals surface area contributed by atoms with E-state index in [1.54, 1.807) is 0 Å². The van der Waals surface area contributed by atoms with E-state index < -0.39 is 11.6 Å². The third-order valence-corrected chi connectivity index (χ3v) is 2.33. The van der Waals surface area contributed by atoms with Crippen molar-refractivity contribution in [2.75, 3.05) is 5.73 Å². The lowest BCUT2D eigenvalue weighted by Gasteiger charge is -2.05. The van der Waals surface area contributed by atoms with Gasteiger partial charge >= 0.3 is 0 Å². The summed E-state index contributed by atoms with van der Waals surface area (Å²) >= 11 is 5.84. The van der Waals surface area contributed by atoms with E-state index in [1.165, 1.54) is 6.33 Å². The summed E-state index contributed by atoms with van der Waals surface area (Å²) in [5.74, 6) is -1.34. The summed E-state index contributed by atoms with van der Waals surface area (Å²) in [6.45, 7) is 0. The molecule has 2 rings (SSSR count). The number of nitrogens with zero attached hydrogens (tertiary/aromatic N) is 2. The average molecular weight is 242 g/mol. The molecule has 0 saturated heterocycles. The predicted molar refractivity (Wildman–Crippen MR) is 56.8 cm³/mol. The SMILES string of the molecule is Nc1ncnc(-c2cc(F)cc(F)c2)c1Cl. The zero-order chi connectivity index (χ0) is 11.7. The first kappa shape index (κ1) is 10.8. The van der Waals surface area contributed by atoms with Crippen LogP contribution >= 0.6 is 11.6 Å². The van der Waals surface area contributed by atoms with Crippen LogP contribution in [0.2, 0.25) is 5.02 Å². The number of benzene rings is 1. The number of nitrogens with two attached hydrogens (primary N) is 1. The zero-order valence-electron chi connectivity index (χ0n) is 7.92. The molecule has 0 aliphatic carbocycles. The predicted octanol–water partition coefficient (Wildman–Crippen LogP) is 2.66. The Morgan fingerprint density at radius 2 is 1.69 bits per heavy atom. The Bertz CT molecular complexity index is 525. The van der Waals surface area contributed by atoms with Gasteiger partial charge in [-0.2, -0.15) is 0 Å². The first-order chi connectivity index (χ1) is 7.58. The van der Waals surface area contributed by atoms with Crippen molar-refractivity contribution in [1.29, 1.82) is 0 Å². The van der Waals surface area contributed by atoms with Crippen LogP contribution in [0.3, 0.4) is 0 Å². The van der Waals surface area contributed by atoms with E-state index >= 15 is 0 Å². The van der Waals surface area contributed by atoms with Crippen molar-refractivity contribution in [3.05, 3.63) is 41.2 Å². The highest BCUT2D eigenvalue weighted by atomic mass is 35.5. The van der Waals surface area contributed by atoms with Gasteiger partial charge in [-0.15, -0.1) is 0 Å². The van der Waals surface area contributed by atoms with Crippen molar-refractivity contribution >= 4 is 17.4 Å². The van der Waals surface area contributed by atoms with Crippen LogP contribution in [-0.4, -0.2) is 9.97 Å². The molecule has 0 atom stereocenters. The molecule has 0 radical (unpaired) electrons. The smallest absolute Gasteiger partial charge is 0.146 e. The summed E-state index contributed by atoms with van der Waals surface area (Å²) in [6.07, 6.45) is 1.18. The Balaban J connectivity index is 2.63. The van der Waals surface area contributed by atoms with Gasteiger partial charge in [0.1, 0.15) is 28.8 Å². The van der Waals surface area contributed by atoms with Gasteiger partial charge in [0.25, 0.3) is 0 Å². The Kier molecular flexibility index (Phi) is 2.70. The van der Waals surface area contributed by atoms with Crippen LogP contribution in [0.1, 0.15) is 0 Å². The van der Waals surface area contributed by atoms with Gasteiger partial charge < -0.3 is 5.73 Å². The lowest BCUT2D eigenvalue weighted by atomic mass is 10.1. The molecule has 1 aromatic carbocycles. The van der Waals surface area contributed by atoms with Crippen LogP contribution in [0, 0.1) is 11.6 Å². The summed E-state index contributed by atoms with van der Waals surface area (Å²) in [5, 5.41) is 0.0764. The summed E-state index contributed by atoms with van der Waals surface area (Å²) < 4.78 is 26.0. The highest BCUT2D eigenvalue weighted by Crippen LogP contribution is 2.29. The molecule has 0 fully saturated rings. The molecule has 1 aromatic heterocycles. The van der Waals surface area contributed by atoms with Crippen molar-refractivity contribution in [3.63, 3.8) is 0 Å². The molecule has 0 saturated carbocycles. The second-order valence-electron chi connectivity index (χ2n) is 3.08. The molecule has 0 aliphatic heterocycles. The molecule has 2 N–H and O–H groups in total. The van der Waals surface area contributed by atoms with Gasteiger partial charge in [0.2, 0.25) is 0 Å². The number of hydrogen-bond donors (Lipinski definition) is 1. The molecule has 82 valence electrons. The second-order valence-corrected chi connectivity index (χ2v) is 3.46. The van der Waals surface area contributed by atoms with Crippen molar-refractivity contribution in [2.24, 2.45) is 0 Å². The minimum atomic E-state index is -0.705. The molecule has 3 nitrogen and oxygen atoms in total. The maximum atomic E-state index is 13.0. The average Bonchev–Trinajstić information content (AvgIpc) is 2.20. The van der Waals surface area contributed by atoms with Gasteiger partial charge in [-0.3, -0.25) is 0 Å². The summed E-state index contributed by atoms with van der Waals surface area (Å²) in [7, 11) is 0. The molecule has 0 spiro atoms. The Morgan fingerprint density at radius 3 is 2.31 bits per heavy atom. The van der Waals surface area contributed by atoms with Crippen LogP contribution in [0.25, 0.3) is 11.3 Å². The van der Waals surface area contributed by atoms with Crippen LogP contribution in [0.15, 0.2) is 24.5 Å². The topological polar surface area (TPSA) is 51.8 Å². The zero-order valence-corrected chi connectivity index (χ0v) is 8.67. The lowest BCUT2D eigenvalue weighted by molar-refractivity contribution is 0.584. The highest BCUT2D eigenvalue weighted by Gasteiger charge is 2.11. The fraction of sp³-hybridized carbons (Fsp3) is 0.